The predicted molar refractivity (Wildman–Crippen MR) is 96.9 cm³/mol. The maximum Gasteiger partial charge on any atom is 0.168 e. The van der Waals surface area contributed by atoms with Crippen molar-refractivity contribution in [3.8, 4) is 11.6 Å². The molecule has 3 aromatic rings. The number of benzene rings is 1. The largest absolute Gasteiger partial charge is 0.494 e. The fourth-order valence-corrected chi connectivity index (χ4v) is 3.53. The summed E-state index contributed by atoms with van der Waals surface area (Å²) in [6.45, 7) is 2.64. The quantitative estimate of drug-likeness (QED) is 0.764. The number of nitrogens with one attached hydrogen (secondary N) is 1. The van der Waals surface area contributed by atoms with E-state index in [2.05, 4.69) is 21.4 Å². The summed E-state index contributed by atoms with van der Waals surface area (Å²) in [5, 5.41) is 3.52. The number of nitrogens with zero attached hydrogens (tertiary/aromatic N) is 3. The number of hydrogen-bond acceptors (Lipinski definition) is 4. The SMILES string of the molecule is COc1ccc2c(c1F)CCC2NCc1ccc(-n2ccnc2C)nc1. The molecule has 0 aliphatic heterocycles. The van der Waals surface area contributed by atoms with Crippen LogP contribution in [0.1, 0.15) is 35.0 Å². The molecule has 1 aromatic carbocycles. The van der Waals surface area contributed by atoms with Crippen LogP contribution in [-0.4, -0.2) is 21.6 Å². The average molecular weight is 352 g/mol. The van der Waals surface area contributed by atoms with E-state index in [-0.39, 0.29) is 11.9 Å². The Morgan fingerprint density at radius 1 is 1.27 bits per heavy atom. The number of fused-ring (bicyclic) bond motifs is 1. The van der Waals surface area contributed by atoms with Crippen molar-refractivity contribution in [1.82, 2.24) is 19.9 Å². The molecule has 0 saturated heterocycles. The number of methoxy groups -OCH3 is 1. The Balaban J connectivity index is 1.45. The Bertz CT molecular complexity index is 920. The van der Waals surface area contributed by atoms with Gasteiger partial charge in [-0.25, -0.2) is 14.4 Å². The van der Waals surface area contributed by atoms with Gasteiger partial charge in [-0.1, -0.05) is 12.1 Å². The third kappa shape index (κ3) is 2.97. The molecule has 2 heterocycles. The van der Waals surface area contributed by atoms with Crippen molar-refractivity contribution in [2.45, 2.75) is 32.4 Å². The van der Waals surface area contributed by atoms with Crippen molar-refractivity contribution in [1.29, 1.82) is 0 Å². The summed E-state index contributed by atoms with van der Waals surface area (Å²) in [5.74, 6) is 1.85. The van der Waals surface area contributed by atoms with Crippen LogP contribution in [0.15, 0.2) is 42.9 Å². The predicted octanol–water partition coefficient (Wildman–Crippen LogP) is 3.50. The van der Waals surface area contributed by atoms with Crippen LogP contribution in [0.4, 0.5) is 4.39 Å². The van der Waals surface area contributed by atoms with Crippen molar-refractivity contribution < 1.29 is 9.13 Å². The van der Waals surface area contributed by atoms with E-state index in [1.807, 2.05) is 36.0 Å². The third-order valence-corrected chi connectivity index (χ3v) is 4.96. The van der Waals surface area contributed by atoms with E-state index in [0.717, 1.165) is 41.2 Å². The lowest BCUT2D eigenvalue weighted by Crippen LogP contribution is -2.19. The summed E-state index contributed by atoms with van der Waals surface area (Å²) in [5.41, 5.74) is 2.89. The number of aromatic nitrogens is 3. The number of ether oxygens (including phenoxy) is 1. The number of rotatable bonds is 5. The number of hydrogen-bond donors (Lipinski definition) is 1. The smallest absolute Gasteiger partial charge is 0.168 e. The van der Waals surface area contributed by atoms with Crippen molar-refractivity contribution >= 4 is 0 Å². The van der Waals surface area contributed by atoms with Gasteiger partial charge in [-0.15, -0.1) is 0 Å². The second kappa shape index (κ2) is 6.88. The molecule has 6 heteroatoms. The fourth-order valence-electron chi connectivity index (χ4n) is 3.53. The summed E-state index contributed by atoms with van der Waals surface area (Å²) >= 11 is 0. The Labute approximate surface area is 151 Å². The zero-order valence-corrected chi connectivity index (χ0v) is 14.9. The first-order chi connectivity index (χ1) is 12.7. The number of imidazole rings is 1. The molecule has 26 heavy (non-hydrogen) atoms. The molecule has 2 aromatic heterocycles. The fraction of sp³-hybridized carbons (Fsp3) is 0.300. The third-order valence-electron chi connectivity index (χ3n) is 4.96. The Kier molecular flexibility index (Phi) is 4.42. The second-order valence-corrected chi connectivity index (χ2v) is 6.49. The lowest BCUT2D eigenvalue weighted by atomic mass is 10.1. The summed E-state index contributed by atoms with van der Waals surface area (Å²) < 4.78 is 21.4. The zero-order valence-electron chi connectivity index (χ0n) is 14.9. The molecule has 1 atom stereocenters. The highest BCUT2D eigenvalue weighted by Crippen LogP contribution is 2.36. The van der Waals surface area contributed by atoms with Crippen LogP contribution in [0.3, 0.4) is 0 Å². The minimum Gasteiger partial charge on any atom is -0.494 e. The molecule has 1 unspecified atom stereocenters. The van der Waals surface area contributed by atoms with Gasteiger partial charge in [0.1, 0.15) is 11.6 Å². The summed E-state index contributed by atoms with van der Waals surface area (Å²) in [7, 11) is 1.50. The number of halogens is 1. The summed E-state index contributed by atoms with van der Waals surface area (Å²) in [6, 6.07) is 7.86. The van der Waals surface area contributed by atoms with Gasteiger partial charge >= 0.3 is 0 Å². The zero-order chi connectivity index (χ0) is 18.1. The Morgan fingerprint density at radius 2 is 2.15 bits per heavy atom. The van der Waals surface area contributed by atoms with Crippen molar-refractivity contribution in [3.63, 3.8) is 0 Å². The van der Waals surface area contributed by atoms with Crippen LogP contribution in [0.5, 0.6) is 5.75 Å². The molecule has 0 bridgehead atoms. The van der Waals surface area contributed by atoms with Crippen LogP contribution >= 0.6 is 0 Å². The Morgan fingerprint density at radius 3 is 2.85 bits per heavy atom. The van der Waals surface area contributed by atoms with E-state index in [1.165, 1.54) is 7.11 Å². The standard InChI is InChI=1S/C20H21FN4O/c1-13-22-9-10-25(13)19-8-3-14(12-24-19)11-23-17-6-4-16-15(17)5-7-18(26-2)20(16)21/h3,5,7-10,12,17,23H,4,6,11H2,1-2H3. The second-order valence-electron chi connectivity index (χ2n) is 6.49. The maximum absolute atomic E-state index is 14.4. The van der Waals surface area contributed by atoms with Crippen LogP contribution in [0.2, 0.25) is 0 Å². The molecule has 0 radical (unpaired) electrons. The average Bonchev–Trinajstić information content (AvgIpc) is 3.27. The molecule has 0 fully saturated rings. The van der Waals surface area contributed by atoms with Crippen LogP contribution in [-0.2, 0) is 13.0 Å². The van der Waals surface area contributed by atoms with Crippen molar-refractivity contribution in [2.24, 2.45) is 0 Å². The lowest BCUT2D eigenvalue weighted by molar-refractivity contribution is 0.384. The highest BCUT2D eigenvalue weighted by Gasteiger charge is 2.26. The first-order valence-electron chi connectivity index (χ1n) is 8.71. The number of aryl methyl sites for hydroxylation is 1. The monoisotopic (exact) mass is 352 g/mol. The van der Waals surface area contributed by atoms with Gasteiger partial charge in [0.2, 0.25) is 0 Å². The molecule has 1 aliphatic carbocycles. The van der Waals surface area contributed by atoms with Crippen molar-refractivity contribution in [3.05, 3.63) is 71.2 Å². The van der Waals surface area contributed by atoms with E-state index >= 15 is 0 Å². The molecule has 4 rings (SSSR count). The van der Waals surface area contributed by atoms with Gasteiger partial charge in [-0.3, -0.25) is 4.57 Å². The highest BCUT2D eigenvalue weighted by atomic mass is 19.1. The van der Waals surface area contributed by atoms with E-state index in [4.69, 9.17) is 4.74 Å². The molecule has 5 nitrogen and oxygen atoms in total. The van der Waals surface area contributed by atoms with Gasteiger partial charge in [0.25, 0.3) is 0 Å². The van der Waals surface area contributed by atoms with Gasteiger partial charge in [-0.2, -0.15) is 0 Å². The highest BCUT2D eigenvalue weighted by molar-refractivity contribution is 5.42. The van der Waals surface area contributed by atoms with Crippen LogP contribution in [0.25, 0.3) is 5.82 Å². The van der Waals surface area contributed by atoms with Gasteiger partial charge in [-0.05, 0) is 48.6 Å². The van der Waals surface area contributed by atoms with Gasteiger partial charge in [0.15, 0.2) is 11.6 Å². The molecule has 1 N–H and O–H groups in total. The van der Waals surface area contributed by atoms with E-state index < -0.39 is 0 Å². The molecule has 0 saturated carbocycles. The maximum atomic E-state index is 14.4. The van der Waals surface area contributed by atoms with Crippen LogP contribution in [0, 0.1) is 12.7 Å². The van der Waals surface area contributed by atoms with Gasteiger partial charge in [0.05, 0.1) is 7.11 Å². The first-order valence-corrected chi connectivity index (χ1v) is 8.71. The minimum atomic E-state index is -0.226. The summed E-state index contributed by atoms with van der Waals surface area (Å²) in [4.78, 5) is 8.73. The molecule has 134 valence electrons. The topological polar surface area (TPSA) is 52.0 Å². The van der Waals surface area contributed by atoms with E-state index in [1.54, 1.807) is 12.3 Å². The minimum absolute atomic E-state index is 0.154. The lowest BCUT2D eigenvalue weighted by Gasteiger charge is -2.15. The van der Waals surface area contributed by atoms with Crippen LogP contribution < -0.4 is 10.1 Å². The molecule has 0 spiro atoms. The molecule has 0 amide bonds. The molecule has 1 aliphatic rings. The van der Waals surface area contributed by atoms with Gasteiger partial charge < -0.3 is 10.1 Å². The first kappa shape index (κ1) is 16.7. The Hall–Kier alpha value is -2.73. The molecular formula is C20H21FN4O. The summed E-state index contributed by atoms with van der Waals surface area (Å²) in [6.07, 6.45) is 7.14. The van der Waals surface area contributed by atoms with E-state index in [0.29, 0.717) is 12.3 Å². The van der Waals surface area contributed by atoms with E-state index in [9.17, 15) is 4.39 Å². The normalized spacial score (nSPS) is 15.9. The number of pyridine rings is 1. The van der Waals surface area contributed by atoms with Gasteiger partial charge in [0, 0.05) is 31.2 Å². The molecular weight excluding hydrogens is 331 g/mol. The van der Waals surface area contributed by atoms with Crippen molar-refractivity contribution in [2.75, 3.05) is 7.11 Å².